The van der Waals surface area contributed by atoms with E-state index in [1.54, 1.807) is 0 Å². The van der Waals surface area contributed by atoms with Crippen LogP contribution in [0.2, 0.25) is 13.1 Å². The molecule has 2 nitrogen and oxygen atoms in total. The Morgan fingerprint density at radius 3 is 2.40 bits per heavy atom. The quantitative estimate of drug-likeness (QED) is 0.441. The molecule has 80 valence electrons. The van der Waals surface area contributed by atoms with Gasteiger partial charge in [-0.2, -0.15) is 0 Å². The number of ether oxygens (including phenoxy) is 1. The molecule has 1 aromatic rings. The third-order valence-electron chi connectivity index (χ3n) is 2.36. The van der Waals surface area contributed by atoms with Crippen molar-refractivity contribution in [3.63, 3.8) is 0 Å². The van der Waals surface area contributed by atoms with Crippen LogP contribution in [0.15, 0.2) is 42.1 Å². The van der Waals surface area contributed by atoms with Crippen LogP contribution in [-0.4, -0.2) is 21.2 Å². The molecule has 0 N–H and O–H groups in total. The second kappa shape index (κ2) is 4.93. The first-order chi connectivity index (χ1) is 7.06. The van der Waals surface area contributed by atoms with Crippen LogP contribution in [0.5, 0.6) is 0 Å². The molecule has 1 aromatic carbocycles. The number of hydrogen-bond donors (Lipinski definition) is 0. The van der Waals surface area contributed by atoms with Crippen molar-refractivity contribution in [1.29, 1.82) is 0 Å². The minimum atomic E-state index is -1.64. The summed E-state index contributed by atoms with van der Waals surface area (Å²) in [4.78, 5) is 11.0. The predicted molar refractivity (Wildman–Crippen MR) is 64.7 cm³/mol. The van der Waals surface area contributed by atoms with E-state index in [1.807, 2.05) is 23.9 Å². The lowest BCUT2D eigenvalue weighted by atomic mass is 10.4. The van der Waals surface area contributed by atoms with E-state index in [-0.39, 0.29) is 5.97 Å². The number of hydrogen-bond acceptors (Lipinski definition) is 2. The van der Waals surface area contributed by atoms with Gasteiger partial charge in [0.05, 0.1) is 7.11 Å². The fourth-order valence-electron chi connectivity index (χ4n) is 1.31. The van der Waals surface area contributed by atoms with Crippen LogP contribution in [0.4, 0.5) is 0 Å². The predicted octanol–water partition coefficient (Wildman–Crippen LogP) is 1.87. The highest BCUT2D eigenvalue weighted by Gasteiger charge is 2.19. The van der Waals surface area contributed by atoms with Gasteiger partial charge >= 0.3 is 5.97 Å². The summed E-state index contributed by atoms with van der Waals surface area (Å²) < 4.78 is 4.58. The van der Waals surface area contributed by atoms with E-state index in [0.717, 1.165) is 0 Å². The number of carbonyl (C=O) groups excluding carboxylic acids is 1. The lowest BCUT2D eigenvalue weighted by Crippen LogP contribution is -2.39. The van der Waals surface area contributed by atoms with E-state index < -0.39 is 8.07 Å². The summed E-state index contributed by atoms with van der Waals surface area (Å²) in [5.74, 6) is -0.286. The van der Waals surface area contributed by atoms with E-state index in [9.17, 15) is 4.79 Å². The Morgan fingerprint density at radius 2 is 1.87 bits per heavy atom. The van der Waals surface area contributed by atoms with Crippen molar-refractivity contribution in [2.75, 3.05) is 7.11 Å². The summed E-state index contributed by atoms with van der Waals surface area (Å²) in [6, 6.07) is 10.3. The van der Waals surface area contributed by atoms with E-state index >= 15 is 0 Å². The van der Waals surface area contributed by atoms with Gasteiger partial charge < -0.3 is 4.74 Å². The number of esters is 1. The highest BCUT2D eigenvalue weighted by Crippen LogP contribution is 2.05. The van der Waals surface area contributed by atoms with Crippen LogP contribution in [0, 0.1) is 0 Å². The Bertz CT molecular complexity index is 355. The van der Waals surface area contributed by atoms with Crippen LogP contribution >= 0.6 is 0 Å². The maximum Gasteiger partial charge on any atom is 0.329 e. The Labute approximate surface area is 91.6 Å². The molecule has 0 heterocycles. The first kappa shape index (κ1) is 11.7. The van der Waals surface area contributed by atoms with Crippen molar-refractivity contribution < 1.29 is 9.53 Å². The number of methoxy groups -OCH3 is 1. The summed E-state index contributed by atoms with van der Waals surface area (Å²) in [6.45, 7) is 4.39. The van der Waals surface area contributed by atoms with Gasteiger partial charge in [0.15, 0.2) is 0 Å². The molecule has 0 aliphatic carbocycles. The molecule has 15 heavy (non-hydrogen) atoms. The van der Waals surface area contributed by atoms with Crippen molar-refractivity contribution in [2.24, 2.45) is 0 Å². The van der Waals surface area contributed by atoms with E-state index in [2.05, 4.69) is 30.0 Å². The van der Waals surface area contributed by atoms with E-state index in [4.69, 9.17) is 0 Å². The third-order valence-corrected chi connectivity index (χ3v) is 5.18. The van der Waals surface area contributed by atoms with Gasteiger partial charge in [0, 0.05) is 6.08 Å². The monoisotopic (exact) mass is 220 g/mol. The molecule has 0 atom stereocenters. The van der Waals surface area contributed by atoms with E-state index in [1.165, 1.54) is 18.4 Å². The van der Waals surface area contributed by atoms with Crippen molar-refractivity contribution in [1.82, 2.24) is 0 Å². The number of rotatable bonds is 3. The Balaban J connectivity index is 2.84. The summed E-state index contributed by atoms with van der Waals surface area (Å²) in [6.07, 6.45) is 1.53. The third kappa shape index (κ3) is 3.36. The van der Waals surface area contributed by atoms with Crippen LogP contribution in [0.1, 0.15) is 0 Å². The van der Waals surface area contributed by atoms with Gasteiger partial charge in [-0.05, 0) is 0 Å². The summed E-state index contributed by atoms with van der Waals surface area (Å²) in [5.41, 5.74) is 1.99. The number of carbonyl (C=O) groups is 1. The molecule has 0 amide bonds. The van der Waals surface area contributed by atoms with Gasteiger partial charge in [0.2, 0.25) is 0 Å². The SMILES string of the molecule is COC(=O)C=C[Si](C)(C)c1ccccc1. The minimum absolute atomic E-state index is 0.286. The fraction of sp³-hybridized carbons (Fsp3) is 0.250. The minimum Gasteiger partial charge on any atom is -0.466 e. The van der Waals surface area contributed by atoms with Gasteiger partial charge in [0.1, 0.15) is 8.07 Å². The maximum absolute atomic E-state index is 11.0. The highest BCUT2D eigenvalue weighted by molar-refractivity contribution is 6.94. The standard InChI is InChI=1S/C12H16O2Si/c1-14-12(13)9-10-15(2,3)11-7-5-4-6-8-11/h4-10H,1-3H3. The molecule has 0 saturated carbocycles. The Morgan fingerprint density at radius 1 is 1.27 bits per heavy atom. The van der Waals surface area contributed by atoms with Gasteiger partial charge in [-0.15, -0.1) is 0 Å². The number of benzene rings is 1. The molecule has 0 aromatic heterocycles. The topological polar surface area (TPSA) is 26.3 Å². The molecular formula is C12H16O2Si. The molecule has 0 saturated heterocycles. The highest BCUT2D eigenvalue weighted by atomic mass is 28.3. The molecule has 0 radical (unpaired) electrons. The average Bonchev–Trinajstić information content (AvgIpc) is 2.27. The first-order valence-corrected chi connectivity index (χ1v) is 7.97. The van der Waals surface area contributed by atoms with Crippen molar-refractivity contribution in [2.45, 2.75) is 13.1 Å². The maximum atomic E-state index is 11.0. The van der Waals surface area contributed by atoms with Crippen molar-refractivity contribution >= 4 is 19.2 Å². The normalized spacial score (nSPS) is 11.7. The summed E-state index contributed by atoms with van der Waals surface area (Å²) in [5, 5.41) is 1.31. The fourth-order valence-corrected chi connectivity index (χ4v) is 3.11. The van der Waals surface area contributed by atoms with Crippen LogP contribution in [0.25, 0.3) is 0 Å². The summed E-state index contributed by atoms with van der Waals surface area (Å²) >= 11 is 0. The Kier molecular flexibility index (Phi) is 3.86. The second-order valence-corrected chi connectivity index (χ2v) is 8.30. The largest absolute Gasteiger partial charge is 0.466 e. The average molecular weight is 220 g/mol. The zero-order chi connectivity index (χ0) is 11.3. The molecule has 1 rings (SSSR count). The van der Waals surface area contributed by atoms with Crippen molar-refractivity contribution in [3.05, 3.63) is 42.1 Å². The zero-order valence-electron chi connectivity index (χ0n) is 9.36. The summed E-state index contributed by atoms with van der Waals surface area (Å²) in [7, 11) is -0.247. The van der Waals surface area contributed by atoms with E-state index in [0.29, 0.717) is 0 Å². The Hall–Kier alpha value is -1.35. The van der Waals surface area contributed by atoms with Crippen molar-refractivity contribution in [3.8, 4) is 0 Å². The van der Waals surface area contributed by atoms with Gasteiger partial charge in [-0.25, -0.2) is 4.79 Å². The van der Waals surface area contributed by atoms with Crippen LogP contribution in [-0.2, 0) is 9.53 Å². The van der Waals surface area contributed by atoms with Gasteiger partial charge in [-0.1, -0.05) is 54.3 Å². The molecule has 0 aliphatic rings. The molecule has 0 bridgehead atoms. The lowest BCUT2D eigenvalue weighted by Gasteiger charge is -2.17. The van der Waals surface area contributed by atoms with Gasteiger partial charge in [0.25, 0.3) is 0 Å². The van der Waals surface area contributed by atoms with Gasteiger partial charge in [-0.3, -0.25) is 0 Å². The second-order valence-electron chi connectivity index (χ2n) is 3.94. The molecule has 3 heteroatoms. The lowest BCUT2D eigenvalue weighted by molar-refractivity contribution is -0.134. The molecular weight excluding hydrogens is 204 g/mol. The van der Waals surface area contributed by atoms with Crippen LogP contribution in [0.3, 0.4) is 0 Å². The smallest absolute Gasteiger partial charge is 0.329 e. The molecule has 0 spiro atoms. The molecule has 0 aliphatic heterocycles. The molecule has 0 fully saturated rings. The zero-order valence-corrected chi connectivity index (χ0v) is 10.4. The van der Waals surface area contributed by atoms with Crippen LogP contribution < -0.4 is 5.19 Å². The first-order valence-electron chi connectivity index (χ1n) is 4.89. The molecule has 0 unspecified atom stereocenters.